The summed E-state index contributed by atoms with van der Waals surface area (Å²) in [6.45, 7) is 0. The molecule has 0 amide bonds. The van der Waals surface area contributed by atoms with Gasteiger partial charge < -0.3 is 10.2 Å². The smallest absolute Gasteiger partial charge is 0.193 e. The van der Waals surface area contributed by atoms with Crippen LogP contribution in [0.2, 0.25) is 5.22 Å². The minimum absolute atomic E-state index is 0.273. The van der Waals surface area contributed by atoms with E-state index in [1.807, 2.05) is 24.3 Å². The molecule has 0 saturated heterocycles. The van der Waals surface area contributed by atoms with Crippen molar-refractivity contribution in [3.8, 4) is 0 Å². The molecule has 4 heteroatoms. The molecule has 0 aliphatic rings. The van der Waals surface area contributed by atoms with Gasteiger partial charge in [-0.05, 0) is 41.4 Å². The first-order valence-corrected chi connectivity index (χ1v) is 5.60. The summed E-state index contributed by atoms with van der Waals surface area (Å²) >= 11 is 9.06. The van der Waals surface area contributed by atoms with Crippen LogP contribution in [0, 0.1) is 0 Å². The lowest BCUT2D eigenvalue weighted by Gasteiger charge is -2.08. The van der Waals surface area contributed by atoms with Crippen molar-refractivity contribution in [2.75, 3.05) is 0 Å². The summed E-state index contributed by atoms with van der Waals surface area (Å²) in [5.74, 6) is 0.669. The van der Waals surface area contributed by atoms with Crippen LogP contribution in [0.4, 0.5) is 0 Å². The molecule has 78 valence electrons. The van der Waals surface area contributed by atoms with Gasteiger partial charge in [0, 0.05) is 4.47 Å². The third kappa shape index (κ3) is 2.43. The minimum Gasteiger partial charge on any atom is -0.448 e. The quantitative estimate of drug-likeness (QED) is 0.913. The Hall–Kier alpha value is -0.770. The van der Waals surface area contributed by atoms with Crippen LogP contribution in [0.15, 0.2) is 45.3 Å². The van der Waals surface area contributed by atoms with Crippen LogP contribution in [0.3, 0.4) is 0 Å². The predicted molar refractivity (Wildman–Crippen MR) is 63.9 cm³/mol. The summed E-state index contributed by atoms with van der Waals surface area (Å²) in [7, 11) is 0. The second kappa shape index (κ2) is 4.39. The number of nitrogens with two attached hydrogens (primary N) is 1. The van der Waals surface area contributed by atoms with Crippen molar-refractivity contribution in [1.29, 1.82) is 0 Å². The van der Waals surface area contributed by atoms with Crippen LogP contribution in [0.1, 0.15) is 17.4 Å². The number of rotatable bonds is 2. The fraction of sp³-hybridized carbons (Fsp3) is 0.0909. The van der Waals surface area contributed by atoms with Gasteiger partial charge in [-0.25, -0.2) is 0 Å². The van der Waals surface area contributed by atoms with Crippen molar-refractivity contribution in [2.45, 2.75) is 6.04 Å². The Morgan fingerprint density at radius 2 is 1.80 bits per heavy atom. The summed E-state index contributed by atoms with van der Waals surface area (Å²) in [6.07, 6.45) is 0. The molecule has 1 heterocycles. The van der Waals surface area contributed by atoms with Crippen LogP contribution in [0.25, 0.3) is 0 Å². The lowest BCUT2D eigenvalue weighted by molar-refractivity contribution is 0.491. The SMILES string of the molecule is NC(c1ccc(Br)cc1)c1ccc(Cl)o1. The maximum Gasteiger partial charge on any atom is 0.193 e. The average Bonchev–Trinajstić information content (AvgIpc) is 2.65. The third-order valence-electron chi connectivity index (χ3n) is 2.13. The van der Waals surface area contributed by atoms with E-state index >= 15 is 0 Å². The maximum atomic E-state index is 6.01. The Bertz CT molecular complexity index is 452. The van der Waals surface area contributed by atoms with E-state index in [-0.39, 0.29) is 6.04 Å². The fourth-order valence-corrected chi connectivity index (χ4v) is 1.75. The van der Waals surface area contributed by atoms with E-state index in [0.717, 1.165) is 10.0 Å². The lowest BCUT2D eigenvalue weighted by Crippen LogP contribution is -2.10. The summed E-state index contributed by atoms with van der Waals surface area (Å²) in [5, 5.41) is 0.359. The van der Waals surface area contributed by atoms with E-state index in [1.165, 1.54) is 0 Å². The van der Waals surface area contributed by atoms with E-state index in [2.05, 4.69) is 15.9 Å². The molecule has 1 aromatic heterocycles. The van der Waals surface area contributed by atoms with E-state index in [4.69, 9.17) is 21.8 Å². The second-order valence-electron chi connectivity index (χ2n) is 3.17. The lowest BCUT2D eigenvalue weighted by atomic mass is 10.1. The largest absolute Gasteiger partial charge is 0.448 e. The molecule has 0 bridgehead atoms. The van der Waals surface area contributed by atoms with Gasteiger partial charge in [0.1, 0.15) is 5.76 Å². The maximum absolute atomic E-state index is 6.01. The van der Waals surface area contributed by atoms with Gasteiger partial charge in [-0.3, -0.25) is 0 Å². The molecular formula is C11H9BrClNO. The molecule has 1 atom stereocenters. The molecule has 2 N–H and O–H groups in total. The molecule has 0 radical (unpaired) electrons. The molecule has 0 spiro atoms. The van der Waals surface area contributed by atoms with Gasteiger partial charge >= 0.3 is 0 Å². The highest BCUT2D eigenvalue weighted by Gasteiger charge is 2.12. The average molecular weight is 287 g/mol. The molecule has 2 nitrogen and oxygen atoms in total. The molecule has 0 saturated carbocycles. The summed E-state index contributed by atoms with van der Waals surface area (Å²) in [6, 6.07) is 11.0. The van der Waals surface area contributed by atoms with E-state index in [1.54, 1.807) is 12.1 Å². The van der Waals surface area contributed by atoms with Crippen molar-refractivity contribution < 1.29 is 4.42 Å². The molecule has 2 rings (SSSR count). The van der Waals surface area contributed by atoms with Gasteiger partial charge in [0.15, 0.2) is 5.22 Å². The Balaban J connectivity index is 2.28. The zero-order valence-electron chi connectivity index (χ0n) is 7.78. The second-order valence-corrected chi connectivity index (χ2v) is 4.46. The summed E-state index contributed by atoms with van der Waals surface area (Å²) < 4.78 is 6.28. The van der Waals surface area contributed by atoms with E-state index in [0.29, 0.717) is 11.0 Å². The highest BCUT2D eigenvalue weighted by atomic mass is 79.9. The molecule has 2 aromatic rings. The van der Waals surface area contributed by atoms with Gasteiger partial charge in [0.2, 0.25) is 0 Å². The highest BCUT2D eigenvalue weighted by molar-refractivity contribution is 9.10. The van der Waals surface area contributed by atoms with Crippen LogP contribution >= 0.6 is 27.5 Å². The zero-order chi connectivity index (χ0) is 10.8. The predicted octanol–water partition coefficient (Wildman–Crippen LogP) is 3.74. The number of furan rings is 1. The van der Waals surface area contributed by atoms with Gasteiger partial charge in [0.25, 0.3) is 0 Å². The first-order chi connectivity index (χ1) is 7.16. The normalized spacial score (nSPS) is 12.7. The number of hydrogen-bond acceptors (Lipinski definition) is 2. The van der Waals surface area contributed by atoms with Crippen molar-refractivity contribution >= 4 is 27.5 Å². The van der Waals surface area contributed by atoms with Crippen LogP contribution in [-0.4, -0.2) is 0 Å². The van der Waals surface area contributed by atoms with Gasteiger partial charge in [-0.15, -0.1) is 0 Å². The van der Waals surface area contributed by atoms with Crippen molar-refractivity contribution in [1.82, 2.24) is 0 Å². The third-order valence-corrected chi connectivity index (χ3v) is 2.86. The highest BCUT2D eigenvalue weighted by Crippen LogP contribution is 2.24. The van der Waals surface area contributed by atoms with E-state index < -0.39 is 0 Å². The molecule has 1 unspecified atom stereocenters. The number of halogens is 2. The molecular weight excluding hydrogens is 277 g/mol. The summed E-state index contributed by atoms with van der Waals surface area (Å²) in [5.41, 5.74) is 7.00. The molecule has 0 aliphatic carbocycles. The van der Waals surface area contributed by atoms with Crippen LogP contribution < -0.4 is 5.73 Å². The van der Waals surface area contributed by atoms with Gasteiger partial charge in [0.05, 0.1) is 6.04 Å². The molecule has 15 heavy (non-hydrogen) atoms. The van der Waals surface area contributed by atoms with Crippen LogP contribution in [0.5, 0.6) is 0 Å². The molecule has 0 aliphatic heterocycles. The first kappa shape index (κ1) is 10.7. The Kier molecular flexibility index (Phi) is 3.14. The van der Waals surface area contributed by atoms with Crippen LogP contribution in [-0.2, 0) is 0 Å². The summed E-state index contributed by atoms with van der Waals surface area (Å²) in [4.78, 5) is 0. The molecule has 1 aromatic carbocycles. The Labute approximate surface area is 101 Å². The minimum atomic E-state index is -0.273. The molecule has 0 fully saturated rings. The van der Waals surface area contributed by atoms with Gasteiger partial charge in [-0.1, -0.05) is 28.1 Å². The number of benzene rings is 1. The Morgan fingerprint density at radius 3 is 2.33 bits per heavy atom. The van der Waals surface area contributed by atoms with Crippen molar-refractivity contribution in [3.05, 3.63) is 57.4 Å². The Morgan fingerprint density at radius 1 is 1.13 bits per heavy atom. The van der Waals surface area contributed by atoms with Gasteiger partial charge in [-0.2, -0.15) is 0 Å². The number of hydrogen-bond donors (Lipinski definition) is 1. The first-order valence-electron chi connectivity index (χ1n) is 4.43. The fourth-order valence-electron chi connectivity index (χ4n) is 1.33. The standard InChI is InChI=1S/C11H9BrClNO/c12-8-3-1-7(2-4-8)11(14)9-5-6-10(13)15-9/h1-6,11H,14H2. The van der Waals surface area contributed by atoms with Crippen molar-refractivity contribution in [3.63, 3.8) is 0 Å². The monoisotopic (exact) mass is 285 g/mol. The van der Waals surface area contributed by atoms with Crippen molar-refractivity contribution in [2.24, 2.45) is 5.73 Å². The van der Waals surface area contributed by atoms with E-state index in [9.17, 15) is 0 Å². The zero-order valence-corrected chi connectivity index (χ0v) is 10.1. The topological polar surface area (TPSA) is 39.2 Å².